The van der Waals surface area contributed by atoms with Gasteiger partial charge in [0.15, 0.2) is 0 Å². The van der Waals surface area contributed by atoms with Crippen LogP contribution in [0.2, 0.25) is 0 Å². The average Bonchev–Trinajstić information content (AvgIpc) is 2.17. The van der Waals surface area contributed by atoms with Crippen molar-refractivity contribution in [1.82, 2.24) is 4.98 Å². The van der Waals surface area contributed by atoms with Crippen molar-refractivity contribution < 1.29 is 21.1 Å². The molecule has 1 aromatic carbocycles. The Kier molecular flexibility index (Phi) is 3.62. The SMILES string of the molecule is CCc1cc2c[c-]ccc2cn1.[W]. The molecule has 2 rings (SSSR count). The third-order valence-electron chi connectivity index (χ3n) is 1.99. The zero-order valence-electron chi connectivity index (χ0n) is 7.45. The molecule has 0 unspecified atom stereocenters. The van der Waals surface area contributed by atoms with Crippen molar-refractivity contribution in [3.05, 3.63) is 42.2 Å². The van der Waals surface area contributed by atoms with Crippen LogP contribution in [0.1, 0.15) is 12.6 Å². The molecular weight excluding hydrogens is 330 g/mol. The largest absolute Gasteiger partial charge is 0.264 e. The molecule has 66 valence electrons. The minimum absolute atomic E-state index is 0. The molecule has 0 atom stereocenters. The number of hydrogen-bond donors (Lipinski definition) is 0. The van der Waals surface area contributed by atoms with E-state index in [0.29, 0.717) is 0 Å². The van der Waals surface area contributed by atoms with Crippen LogP contribution in [0, 0.1) is 6.07 Å². The summed E-state index contributed by atoms with van der Waals surface area (Å²) in [6.07, 6.45) is 2.91. The Morgan fingerprint density at radius 3 is 3.00 bits per heavy atom. The van der Waals surface area contributed by atoms with E-state index in [-0.39, 0.29) is 21.1 Å². The first-order valence-electron chi connectivity index (χ1n) is 4.15. The van der Waals surface area contributed by atoms with E-state index >= 15 is 0 Å². The van der Waals surface area contributed by atoms with Crippen LogP contribution in [0.25, 0.3) is 10.8 Å². The van der Waals surface area contributed by atoms with Crippen LogP contribution >= 0.6 is 0 Å². The van der Waals surface area contributed by atoms with Crippen molar-refractivity contribution in [2.75, 3.05) is 0 Å². The number of benzene rings is 1. The Bertz CT molecular complexity index is 398. The third kappa shape index (κ3) is 2.16. The fourth-order valence-electron chi connectivity index (χ4n) is 1.26. The smallest absolute Gasteiger partial charge is 0.0285 e. The first-order valence-corrected chi connectivity index (χ1v) is 4.15. The minimum Gasteiger partial charge on any atom is -0.264 e. The van der Waals surface area contributed by atoms with Gasteiger partial charge in [0.1, 0.15) is 0 Å². The molecule has 0 bridgehead atoms. The zero-order valence-corrected chi connectivity index (χ0v) is 10.4. The van der Waals surface area contributed by atoms with Crippen molar-refractivity contribution in [3.8, 4) is 0 Å². The minimum atomic E-state index is 0. The summed E-state index contributed by atoms with van der Waals surface area (Å²) in [5, 5.41) is 2.41. The van der Waals surface area contributed by atoms with Gasteiger partial charge in [0, 0.05) is 33.0 Å². The molecule has 0 saturated carbocycles. The summed E-state index contributed by atoms with van der Waals surface area (Å²) < 4.78 is 0. The quantitative estimate of drug-likeness (QED) is 0.728. The van der Waals surface area contributed by atoms with Crippen molar-refractivity contribution in [1.29, 1.82) is 0 Å². The molecule has 2 heteroatoms. The second kappa shape index (κ2) is 4.53. The van der Waals surface area contributed by atoms with Crippen LogP contribution < -0.4 is 0 Å². The normalized spacial score (nSPS) is 9.62. The Balaban J connectivity index is 0.000000845. The summed E-state index contributed by atoms with van der Waals surface area (Å²) in [6.45, 7) is 2.11. The number of rotatable bonds is 1. The number of aryl methyl sites for hydroxylation is 1. The predicted molar refractivity (Wildman–Crippen MR) is 50.0 cm³/mol. The van der Waals surface area contributed by atoms with Gasteiger partial charge in [-0.05, 0) is 6.42 Å². The molecule has 0 spiro atoms. The van der Waals surface area contributed by atoms with Crippen molar-refractivity contribution in [2.24, 2.45) is 0 Å². The molecule has 13 heavy (non-hydrogen) atoms. The van der Waals surface area contributed by atoms with Crippen molar-refractivity contribution >= 4 is 10.8 Å². The van der Waals surface area contributed by atoms with E-state index in [1.807, 2.05) is 24.4 Å². The number of nitrogens with zero attached hydrogens (tertiary/aromatic N) is 1. The van der Waals surface area contributed by atoms with E-state index in [2.05, 4.69) is 24.0 Å². The maximum atomic E-state index is 4.31. The van der Waals surface area contributed by atoms with Gasteiger partial charge in [0.2, 0.25) is 0 Å². The molecule has 1 nitrogen and oxygen atoms in total. The van der Waals surface area contributed by atoms with Crippen LogP contribution in [0.3, 0.4) is 0 Å². The number of fused-ring (bicyclic) bond motifs is 1. The molecule has 0 aliphatic rings. The molecule has 1 heterocycles. The number of aromatic nitrogens is 1. The van der Waals surface area contributed by atoms with Crippen LogP contribution in [0.4, 0.5) is 0 Å². The Labute approximate surface area is 92.5 Å². The van der Waals surface area contributed by atoms with Gasteiger partial charge in [0.05, 0.1) is 0 Å². The fraction of sp³-hybridized carbons (Fsp3) is 0.182. The summed E-state index contributed by atoms with van der Waals surface area (Å²) in [5.74, 6) is 0. The van der Waals surface area contributed by atoms with E-state index in [9.17, 15) is 0 Å². The van der Waals surface area contributed by atoms with Crippen molar-refractivity contribution in [2.45, 2.75) is 13.3 Å². The van der Waals surface area contributed by atoms with Crippen molar-refractivity contribution in [3.63, 3.8) is 0 Å². The Hall–Kier alpha value is -0.682. The molecule has 0 aliphatic heterocycles. The average molecular weight is 340 g/mol. The second-order valence-electron chi connectivity index (χ2n) is 2.80. The molecular formula is C11H10NW-. The summed E-state index contributed by atoms with van der Waals surface area (Å²) in [6, 6.07) is 11.1. The van der Waals surface area contributed by atoms with Gasteiger partial charge in [-0.3, -0.25) is 4.98 Å². The molecule has 0 N–H and O–H groups in total. The first kappa shape index (κ1) is 10.4. The fourth-order valence-corrected chi connectivity index (χ4v) is 1.26. The number of pyridine rings is 1. The molecule has 0 saturated heterocycles. The van der Waals surface area contributed by atoms with Gasteiger partial charge in [-0.15, -0.1) is 10.8 Å². The van der Waals surface area contributed by atoms with E-state index in [1.54, 1.807) is 0 Å². The molecule has 0 amide bonds. The van der Waals surface area contributed by atoms with E-state index in [1.165, 1.54) is 10.8 Å². The maximum Gasteiger partial charge on any atom is 0.0285 e. The van der Waals surface area contributed by atoms with Gasteiger partial charge >= 0.3 is 0 Å². The topological polar surface area (TPSA) is 12.9 Å². The standard InChI is InChI=1S/C11H10N.W/c1-2-11-7-9-5-3-4-6-10(9)8-12-11;/h4-8H,2H2,1H3;/q-1;. The maximum absolute atomic E-state index is 4.31. The molecule has 2 aromatic rings. The Morgan fingerprint density at radius 1 is 1.38 bits per heavy atom. The summed E-state index contributed by atoms with van der Waals surface area (Å²) in [4.78, 5) is 4.31. The van der Waals surface area contributed by atoms with Crippen LogP contribution in [-0.2, 0) is 27.5 Å². The van der Waals surface area contributed by atoms with Gasteiger partial charge in [-0.25, -0.2) is 0 Å². The van der Waals surface area contributed by atoms with Gasteiger partial charge in [0.25, 0.3) is 0 Å². The third-order valence-corrected chi connectivity index (χ3v) is 1.99. The van der Waals surface area contributed by atoms with Crippen LogP contribution in [0.15, 0.2) is 30.5 Å². The number of hydrogen-bond acceptors (Lipinski definition) is 1. The van der Waals surface area contributed by atoms with E-state index < -0.39 is 0 Å². The van der Waals surface area contributed by atoms with E-state index in [4.69, 9.17) is 0 Å². The van der Waals surface area contributed by atoms with E-state index in [0.717, 1.165) is 12.1 Å². The predicted octanol–water partition coefficient (Wildman–Crippen LogP) is 2.59. The molecule has 0 aliphatic carbocycles. The van der Waals surface area contributed by atoms with Crippen LogP contribution in [-0.4, -0.2) is 4.98 Å². The summed E-state index contributed by atoms with van der Waals surface area (Å²) in [5.41, 5.74) is 1.14. The monoisotopic (exact) mass is 340 g/mol. The first-order chi connectivity index (χ1) is 5.90. The van der Waals surface area contributed by atoms with Gasteiger partial charge in [-0.1, -0.05) is 13.0 Å². The molecule has 0 radical (unpaired) electrons. The van der Waals surface area contributed by atoms with Crippen LogP contribution in [0.5, 0.6) is 0 Å². The second-order valence-corrected chi connectivity index (χ2v) is 2.80. The molecule has 0 fully saturated rings. The molecule has 1 aromatic heterocycles. The van der Waals surface area contributed by atoms with Gasteiger partial charge < -0.3 is 0 Å². The zero-order chi connectivity index (χ0) is 8.39. The summed E-state index contributed by atoms with van der Waals surface area (Å²) >= 11 is 0. The Morgan fingerprint density at radius 2 is 2.23 bits per heavy atom. The van der Waals surface area contributed by atoms with Gasteiger partial charge in [-0.2, -0.15) is 24.3 Å². The summed E-state index contributed by atoms with van der Waals surface area (Å²) in [7, 11) is 0.